The molecule has 4 rings (SSSR count). The molecule has 0 atom stereocenters. The summed E-state index contributed by atoms with van der Waals surface area (Å²) in [5.41, 5.74) is 6.36. The van der Waals surface area contributed by atoms with E-state index in [1.807, 2.05) is 30.3 Å². The Balaban J connectivity index is 1.58. The van der Waals surface area contributed by atoms with Crippen molar-refractivity contribution < 1.29 is 9.45 Å². The van der Waals surface area contributed by atoms with E-state index in [0.717, 1.165) is 5.56 Å². The first-order valence-electron chi connectivity index (χ1n) is 9.78. The van der Waals surface area contributed by atoms with E-state index in [4.69, 9.17) is 10.3 Å². The molecule has 168 valence electrons. The Hall–Kier alpha value is -4.74. The van der Waals surface area contributed by atoms with Gasteiger partial charge in [0.1, 0.15) is 11.5 Å². The summed E-state index contributed by atoms with van der Waals surface area (Å²) in [6.07, 6.45) is 0. The minimum Gasteiger partial charge on any atom is -0.383 e. The largest absolute Gasteiger partial charge is 0.383 e. The number of nitro groups is 1. The van der Waals surface area contributed by atoms with Crippen molar-refractivity contribution in [3.8, 4) is 11.4 Å². The zero-order valence-corrected chi connectivity index (χ0v) is 17.5. The normalized spacial score (nSPS) is 10.8. The predicted octanol–water partition coefficient (Wildman–Crippen LogP) is 1.76. The number of nitrogen functional groups attached to an aromatic ring is 1. The lowest BCUT2D eigenvalue weighted by atomic mass is 10.2. The van der Waals surface area contributed by atoms with Crippen LogP contribution in [0.2, 0.25) is 0 Å². The van der Waals surface area contributed by atoms with Crippen molar-refractivity contribution in [2.75, 3.05) is 17.7 Å². The highest BCUT2D eigenvalue weighted by molar-refractivity contribution is 5.62. The number of aromatic amines is 1. The van der Waals surface area contributed by atoms with Crippen molar-refractivity contribution in [3.05, 3.63) is 97.0 Å². The van der Waals surface area contributed by atoms with E-state index < -0.39 is 16.2 Å². The van der Waals surface area contributed by atoms with Gasteiger partial charge in [-0.3, -0.25) is 24.5 Å². The highest BCUT2D eigenvalue weighted by Gasteiger charge is 2.19. The Morgan fingerprint density at radius 1 is 1.15 bits per heavy atom. The fourth-order valence-corrected chi connectivity index (χ4v) is 3.32. The molecule has 2 aromatic heterocycles. The Kier molecular flexibility index (Phi) is 5.72. The summed E-state index contributed by atoms with van der Waals surface area (Å²) in [5, 5.41) is 14.7. The van der Waals surface area contributed by atoms with E-state index in [-0.39, 0.29) is 42.0 Å². The van der Waals surface area contributed by atoms with Gasteiger partial charge < -0.3 is 15.2 Å². The molecule has 12 heteroatoms. The first-order valence-corrected chi connectivity index (χ1v) is 9.78. The molecule has 0 saturated carbocycles. The van der Waals surface area contributed by atoms with Crippen molar-refractivity contribution >= 4 is 17.2 Å². The predicted molar refractivity (Wildman–Crippen MR) is 120 cm³/mol. The molecule has 33 heavy (non-hydrogen) atoms. The summed E-state index contributed by atoms with van der Waals surface area (Å²) in [6.45, 7) is 0.227. The van der Waals surface area contributed by atoms with Gasteiger partial charge >= 0.3 is 5.69 Å². The monoisotopic (exact) mass is 449 g/mol. The van der Waals surface area contributed by atoms with Crippen LogP contribution in [-0.2, 0) is 13.1 Å². The van der Waals surface area contributed by atoms with Crippen LogP contribution in [0.3, 0.4) is 0 Å². The van der Waals surface area contributed by atoms with Gasteiger partial charge in [0, 0.05) is 24.7 Å². The molecule has 0 amide bonds. The number of aromatic nitrogens is 4. The van der Waals surface area contributed by atoms with E-state index in [1.165, 1.54) is 33.7 Å². The second kappa shape index (κ2) is 8.78. The summed E-state index contributed by atoms with van der Waals surface area (Å²) >= 11 is 0. The molecule has 0 aliphatic carbocycles. The summed E-state index contributed by atoms with van der Waals surface area (Å²) in [4.78, 5) is 43.2. The van der Waals surface area contributed by atoms with Gasteiger partial charge in [-0.1, -0.05) is 35.5 Å². The lowest BCUT2D eigenvalue weighted by Gasteiger charge is -2.20. The standard InChI is InChI=1S/C21H19N7O5/c1-26(12-16-23-19(25-33-16)14-7-9-15(10-8-14)28(31)32)17-18(22)27(21(30)24-20(17)29)11-13-5-3-2-4-6-13/h2-10H,11-12,22H2,1H3,(H,24,29,30). The molecule has 0 unspecified atom stereocenters. The maximum absolute atomic E-state index is 12.5. The van der Waals surface area contributed by atoms with Crippen molar-refractivity contribution in [2.45, 2.75) is 13.1 Å². The van der Waals surface area contributed by atoms with Gasteiger partial charge in [0.05, 0.1) is 18.0 Å². The molecule has 0 bridgehead atoms. The maximum Gasteiger partial charge on any atom is 0.330 e. The Labute approximate surface area is 186 Å². The lowest BCUT2D eigenvalue weighted by Crippen LogP contribution is -2.37. The van der Waals surface area contributed by atoms with Crippen LogP contribution in [0.4, 0.5) is 17.2 Å². The number of hydrogen-bond donors (Lipinski definition) is 2. The number of nitrogens with one attached hydrogen (secondary N) is 1. The van der Waals surface area contributed by atoms with Crippen LogP contribution in [0.5, 0.6) is 0 Å². The summed E-state index contributed by atoms with van der Waals surface area (Å²) < 4.78 is 6.54. The highest BCUT2D eigenvalue weighted by atomic mass is 16.6. The quantitative estimate of drug-likeness (QED) is 0.316. The number of rotatable bonds is 7. The third-order valence-corrected chi connectivity index (χ3v) is 4.96. The van der Waals surface area contributed by atoms with Gasteiger partial charge in [-0.25, -0.2) is 4.79 Å². The molecule has 3 N–H and O–H groups in total. The average molecular weight is 449 g/mol. The topological polar surface area (TPSA) is 166 Å². The molecular weight excluding hydrogens is 430 g/mol. The minimum atomic E-state index is -0.639. The van der Waals surface area contributed by atoms with Crippen LogP contribution < -0.4 is 21.9 Å². The molecule has 0 saturated heterocycles. The second-order valence-electron chi connectivity index (χ2n) is 7.24. The van der Waals surface area contributed by atoms with Crippen LogP contribution in [-0.4, -0.2) is 31.7 Å². The summed E-state index contributed by atoms with van der Waals surface area (Å²) in [6, 6.07) is 14.9. The van der Waals surface area contributed by atoms with Crippen LogP contribution in [0.15, 0.2) is 68.7 Å². The van der Waals surface area contributed by atoms with E-state index in [9.17, 15) is 19.7 Å². The molecule has 2 aromatic carbocycles. The van der Waals surface area contributed by atoms with E-state index >= 15 is 0 Å². The first kappa shape index (κ1) is 21.5. The SMILES string of the molecule is CN(Cc1nc(-c2ccc([N+](=O)[O-])cc2)no1)c1c(N)n(Cc2ccccc2)c(=O)[nH]c1=O. The first-order chi connectivity index (χ1) is 15.8. The highest BCUT2D eigenvalue weighted by Crippen LogP contribution is 2.22. The van der Waals surface area contributed by atoms with Crippen molar-refractivity contribution in [1.29, 1.82) is 0 Å². The average Bonchev–Trinajstić information content (AvgIpc) is 3.25. The Morgan fingerprint density at radius 3 is 2.52 bits per heavy atom. The Bertz CT molecular complexity index is 1410. The van der Waals surface area contributed by atoms with Crippen LogP contribution in [0, 0.1) is 10.1 Å². The fourth-order valence-electron chi connectivity index (χ4n) is 3.32. The number of benzene rings is 2. The van der Waals surface area contributed by atoms with Crippen LogP contribution in [0.1, 0.15) is 11.5 Å². The molecule has 0 fully saturated rings. The molecule has 0 aliphatic heterocycles. The van der Waals surface area contributed by atoms with Crippen LogP contribution in [0.25, 0.3) is 11.4 Å². The molecule has 0 aliphatic rings. The van der Waals surface area contributed by atoms with Crippen molar-refractivity contribution in [1.82, 2.24) is 19.7 Å². The molecule has 0 spiro atoms. The van der Waals surface area contributed by atoms with Gasteiger partial charge in [-0.05, 0) is 17.7 Å². The molecule has 4 aromatic rings. The molecule has 12 nitrogen and oxygen atoms in total. The number of anilines is 2. The fraction of sp³-hybridized carbons (Fsp3) is 0.143. The van der Waals surface area contributed by atoms with Gasteiger partial charge in [0.15, 0.2) is 0 Å². The van der Waals surface area contributed by atoms with Crippen LogP contribution >= 0.6 is 0 Å². The van der Waals surface area contributed by atoms with E-state index in [2.05, 4.69) is 15.1 Å². The molecule has 2 heterocycles. The van der Waals surface area contributed by atoms with Gasteiger partial charge in [-0.2, -0.15) is 4.98 Å². The Morgan fingerprint density at radius 2 is 1.85 bits per heavy atom. The molecule has 0 radical (unpaired) electrons. The number of nitrogens with two attached hydrogens (primary N) is 1. The summed E-state index contributed by atoms with van der Waals surface area (Å²) in [5.74, 6) is 0.430. The van der Waals surface area contributed by atoms with E-state index in [0.29, 0.717) is 5.56 Å². The summed E-state index contributed by atoms with van der Waals surface area (Å²) in [7, 11) is 1.61. The molecular formula is C21H19N7O5. The van der Waals surface area contributed by atoms with E-state index in [1.54, 1.807) is 7.05 Å². The smallest absolute Gasteiger partial charge is 0.330 e. The zero-order valence-electron chi connectivity index (χ0n) is 17.5. The number of hydrogen-bond acceptors (Lipinski definition) is 9. The third-order valence-electron chi connectivity index (χ3n) is 4.96. The van der Waals surface area contributed by atoms with Crippen molar-refractivity contribution in [3.63, 3.8) is 0 Å². The lowest BCUT2D eigenvalue weighted by molar-refractivity contribution is -0.384. The van der Waals surface area contributed by atoms with Gasteiger partial charge in [-0.15, -0.1) is 0 Å². The zero-order chi connectivity index (χ0) is 23.5. The van der Waals surface area contributed by atoms with Gasteiger partial charge in [0.25, 0.3) is 11.2 Å². The van der Waals surface area contributed by atoms with Gasteiger partial charge in [0.2, 0.25) is 11.7 Å². The second-order valence-corrected chi connectivity index (χ2v) is 7.24. The maximum atomic E-state index is 12.5. The number of nitro benzene ring substituents is 1. The van der Waals surface area contributed by atoms with Crippen molar-refractivity contribution in [2.24, 2.45) is 0 Å². The third kappa shape index (κ3) is 4.49. The number of nitrogens with zero attached hydrogens (tertiary/aromatic N) is 5. The number of H-pyrrole nitrogens is 1. The minimum absolute atomic E-state index is 0.00482. The number of non-ortho nitro benzene ring substituents is 1.